The zero-order valence-electron chi connectivity index (χ0n) is 48.3. The van der Waals surface area contributed by atoms with Crippen molar-refractivity contribution >= 4 is 80.9 Å². The number of esters is 2. The molecule has 434 valence electrons. The second-order valence-electron chi connectivity index (χ2n) is 22.7. The van der Waals surface area contributed by atoms with E-state index in [1.807, 2.05) is 170 Å². The first-order valence-corrected chi connectivity index (χ1v) is 32.6. The predicted molar refractivity (Wildman–Crippen MR) is 346 cm³/mol. The van der Waals surface area contributed by atoms with Gasteiger partial charge >= 0.3 is 11.9 Å². The second-order valence-corrected chi connectivity index (χ2v) is 28.1. The number of fused-ring (bicyclic) bond motifs is 1. The maximum Gasteiger partial charge on any atom is 0.319 e. The van der Waals surface area contributed by atoms with Gasteiger partial charge < -0.3 is 29.8 Å². The number of aromatic nitrogens is 1. The molecule has 12 nitrogen and oxygen atoms in total. The fourth-order valence-electron chi connectivity index (χ4n) is 11.4. The van der Waals surface area contributed by atoms with E-state index in [1.54, 1.807) is 38.0 Å². The van der Waals surface area contributed by atoms with Crippen LogP contribution in [0.3, 0.4) is 0 Å². The van der Waals surface area contributed by atoms with Gasteiger partial charge in [-0.2, -0.15) is 0 Å². The van der Waals surface area contributed by atoms with Crippen molar-refractivity contribution in [1.29, 1.82) is 0 Å². The van der Waals surface area contributed by atoms with Crippen molar-refractivity contribution in [2.45, 2.75) is 56.4 Å². The van der Waals surface area contributed by atoms with Gasteiger partial charge in [-0.05, 0) is 91.9 Å². The molecular formula is C71H67N5O7PS2+. The summed E-state index contributed by atoms with van der Waals surface area (Å²) in [6.45, 7) is 6.85. The number of anilines is 1. The summed E-state index contributed by atoms with van der Waals surface area (Å²) in [7, 11) is -2.75. The first-order chi connectivity index (χ1) is 41.8. The molecule has 0 bridgehead atoms. The Kier molecular flexibility index (Phi) is 17.8. The van der Waals surface area contributed by atoms with Crippen LogP contribution in [0.4, 0.5) is 5.13 Å². The molecule has 0 aliphatic carbocycles. The molecule has 0 radical (unpaired) electrons. The highest BCUT2D eigenvalue weighted by atomic mass is 32.2. The Morgan fingerprint density at radius 1 is 0.663 bits per heavy atom. The number of nitrogens with one attached hydrogen (secondary N) is 2. The van der Waals surface area contributed by atoms with Crippen LogP contribution in [-0.4, -0.2) is 81.4 Å². The zero-order valence-corrected chi connectivity index (χ0v) is 50.8. The maximum atomic E-state index is 16.0. The van der Waals surface area contributed by atoms with E-state index in [9.17, 15) is 4.79 Å². The number of thiazole rings is 1. The Labute approximate surface area is 511 Å². The lowest BCUT2D eigenvalue weighted by atomic mass is 9.77. The Bertz CT molecular complexity index is 3560. The van der Waals surface area contributed by atoms with Gasteiger partial charge in [-0.1, -0.05) is 211 Å². The van der Waals surface area contributed by atoms with Gasteiger partial charge in [-0.15, -0.1) is 23.1 Å². The number of benzene rings is 8. The van der Waals surface area contributed by atoms with Crippen LogP contribution < -0.4 is 26.5 Å². The SMILES string of the molecule is CC(CON=C(C(=O)NC1C(=O)N2CC(C[P+](c3ccccc3)(c3ccccc3)c3ccccc3)(C(=O)OC(c3ccccc3)c3ccccc3)CS[C@H]12)c1csc(NC(c2ccccc2)(c2ccccc2)c2ccccc2)n1)C(=O)OC(C)(C)C. The van der Waals surface area contributed by atoms with E-state index in [1.165, 1.54) is 23.1 Å². The largest absolute Gasteiger partial charge is 0.460 e. The number of thioether (sulfide) groups is 1. The molecular weight excluding hydrogens is 1130 g/mol. The Balaban J connectivity index is 0.938. The highest BCUT2D eigenvalue weighted by Crippen LogP contribution is 2.61. The van der Waals surface area contributed by atoms with Crippen molar-refractivity contribution in [3.63, 3.8) is 0 Å². The summed E-state index contributed by atoms with van der Waals surface area (Å²) in [6.07, 6.45) is -0.411. The molecule has 0 spiro atoms. The van der Waals surface area contributed by atoms with Crippen molar-refractivity contribution < 1.29 is 33.5 Å². The first kappa shape index (κ1) is 59.1. The molecule has 2 N–H and O–H groups in total. The number of carbonyl (C=O) groups is 4. The average Bonchev–Trinajstić information content (AvgIpc) is 0.792. The number of β-lactam (4-membered cyclic amide) rings is 1. The fourth-order valence-corrected chi connectivity index (χ4v) is 18.6. The van der Waals surface area contributed by atoms with Crippen LogP contribution >= 0.6 is 30.4 Å². The van der Waals surface area contributed by atoms with Crippen LogP contribution in [0.15, 0.2) is 253 Å². The van der Waals surface area contributed by atoms with E-state index in [-0.39, 0.29) is 36.2 Å². The van der Waals surface area contributed by atoms with Gasteiger partial charge in [0.05, 0.1) is 12.1 Å². The number of nitrogens with zero attached hydrogens (tertiary/aromatic N) is 3. The van der Waals surface area contributed by atoms with Crippen LogP contribution in [-0.2, 0) is 39.0 Å². The number of hydrogen-bond donors (Lipinski definition) is 2. The minimum absolute atomic E-state index is 0.0268. The molecule has 0 saturated carbocycles. The lowest BCUT2D eigenvalue weighted by Gasteiger charge is -2.54. The van der Waals surface area contributed by atoms with E-state index in [0.717, 1.165) is 43.7 Å². The van der Waals surface area contributed by atoms with Crippen molar-refractivity contribution in [3.05, 3.63) is 282 Å². The molecule has 2 aliphatic rings. The third-order valence-electron chi connectivity index (χ3n) is 15.6. The number of oxime groups is 1. The van der Waals surface area contributed by atoms with E-state index >= 15 is 14.4 Å². The molecule has 9 aromatic rings. The molecule has 2 amide bonds. The zero-order chi connectivity index (χ0) is 59.7. The van der Waals surface area contributed by atoms with Crippen molar-refractivity contribution in [2.24, 2.45) is 16.5 Å². The summed E-state index contributed by atoms with van der Waals surface area (Å²) in [5, 5.41) is 16.1. The smallest absolute Gasteiger partial charge is 0.319 e. The lowest BCUT2D eigenvalue weighted by Crippen LogP contribution is -2.74. The molecule has 2 fully saturated rings. The van der Waals surface area contributed by atoms with Gasteiger partial charge in [0, 0.05) is 17.7 Å². The first-order valence-electron chi connectivity index (χ1n) is 28.7. The van der Waals surface area contributed by atoms with Crippen LogP contribution in [0.2, 0.25) is 0 Å². The van der Waals surface area contributed by atoms with Gasteiger partial charge in [0.2, 0.25) is 5.91 Å². The van der Waals surface area contributed by atoms with Gasteiger partial charge in [0.15, 0.2) is 16.9 Å². The Hall–Kier alpha value is -8.68. The van der Waals surface area contributed by atoms with E-state index in [4.69, 9.17) is 19.3 Å². The fraction of sp³-hybridized carbons (Fsp3) is 0.211. The number of amides is 2. The maximum absolute atomic E-state index is 16.0. The van der Waals surface area contributed by atoms with Crippen LogP contribution in [0.5, 0.6) is 0 Å². The second kappa shape index (κ2) is 25.9. The predicted octanol–water partition coefficient (Wildman–Crippen LogP) is 12.0. The number of carbonyl (C=O) groups excluding carboxylic acids is 4. The molecule has 4 atom stereocenters. The number of ether oxygens (including phenoxy) is 2. The molecule has 2 aliphatic heterocycles. The van der Waals surface area contributed by atoms with Gasteiger partial charge in [0.25, 0.3) is 5.91 Å². The molecule has 11 rings (SSSR count). The summed E-state index contributed by atoms with van der Waals surface area (Å²) < 4.78 is 12.6. The highest BCUT2D eigenvalue weighted by Gasteiger charge is 2.63. The number of hydrogen-bond acceptors (Lipinski definition) is 12. The minimum Gasteiger partial charge on any atom is -0.460 e. The van der Waals surface area contributed by atoms with Gasteiger partial charge in [0.1, 0.15) is 63.4 Å². The van der Waals surface area contributed by atoms with Crippen LogP contribution in [0.1, 0.15) is 67.3 Å². The summed E-state index contributed by atoms with van der Waals surface area (Å²) in [4.78, 5) is 72.0. The molecule has 1 aromatic heterocycles. The quantitative estimate of drug-likeness (QED) is 0.0178. The van der Waals surface area contributed by atoms with Crippen LogP contribution in [0, 0.1) is 11.3 Å². The van der Waals surface area contributed by atoms with E-state index in [0.29, 0.717) is 11.3 Å². The highest BCUT2D eigenvalue weighted by molar-refractivity contribution is 8.00. The van der Waals surface area contributed by atoms with Crippen molar-refractivity contribution in [1.82, 2.24) is 15.2 Å². The topological polar surface area (TPSA) is 149 Å². The Morgan fingerprint density at radius 3 is 1.56 bits per heavy atom. The third-order valence-corrected chi connectivity index (χ3v) is 22.6. The standard InChI is InChI=1S/C71H66N5O7PS2/c1-50(66(79)83-69(2,3)4)45-81-75-60(59-46-85-68(72-59)74-71(53-33-17-7-18-34-53,54-35-19-8-20-36-54)55-37-21-9-22-38-55)63(77)73-61-64(78)76-47-70(49-86-65(61)76,67(80)82-62(51-29-13-5-14-30-51)52-31-15-6-16-32-52)48-84(56-39-23-10-24-40-56,57-41-25-11-26-42-57)58-43-27-12-28-44-58/h5-44,46,50,61-62,65H,45,47-49H2,1-4H3,(H-,72,73,74,77)/p+1/t50?,61?,65-,70?/m1/s1. The molecule has 8 aromatic carbocycles. The summed E-state index contributed by atoms with van der Waals surface area (Å²) in [5.41, 5.74) is 1.53. The number of rotatable bonds is 21. The third kappa shape index (κ3) is 12.4. The van der Waals surface area contributed by atoms with E-state index in [2.05, 4.69) is 88.6 Å². The lowest BCUT2D eigenvalue weighted by molar-refractivity contribution is -0.164. The summed E-state index contributed by atoms with van der Waals surface area (Å²) in [6, 6.07) is 79.9. The van der Waals surface area contributed by atoms with Gasteiger partial charge in [-0.3, -0.25) is 19.2 Å². The normalized spacial score (nSPS) is 17.3. The molecule has 2 saturated heterocycles. The van der Waals surface area contributed by atoms with Crippen molar-refractivity contribution in [2.75, 3.05) is 30.4 Å². The Morgan fingerprint density at radius 2 is 1.10 bits per heavy atom. The van der Waals surface area contributed by atoms with Crippen molar-refractivity contribution in [3.8, 4) is 0 Å². The molecule has 3 unspecified atom stereocenters. The minimum atomic E-state index is -2.75. The summed E-state index contributed by atoms with van der Waals surface area (Å²) >= 11 is 2.73. The molecule has 86 heavy (non-hydrogen) atoms. The monoisotopic (exact) mass is 1200 g/mol. The van der Waals surface area contributed by atoms with Crippen LogP contribution in [0.25, 0.3) is 0 Å². The van der Waals surface area contributed by atoms with E-state index < -0.39 is 65.1 Å². The summed E-state index contributed by atoms with van der Waals surface area (Å²) in [5.74, 6) is -2.47. The average molecular weight is 1200 g/mol. The molecule has 15 heteroatoms. The van der Waals surface area contributed by atoms with Gasteiger partial charge in [-0.25, -0.2) is 4.98 Å². The molecule has 3 heterocycles.